The van der Waals surface area contributed by atoms with Crippen LogP contribution in [0.2, 0.25) is 0 Å². The quantitative estimate of drug-likeness (QED) is 0.412. The van der Waals surface area contributed by atoms with Crippen molar-refractivity contribution in [3.05, 3.63) is 69.8 Å². The van der Waals surface area contributed by atoms with Crippen LogP contribution in [0.25, 0.3) is 6.08 Å². The standard InChI is InChI=1S/C22H26N4O4/c1-30-21-15-19(23)20(26(28)29)14-18(21)22(27)24-17-9-12-25(13-10-17)11-5-8-16-6-3-2-4-7-16/h2-8,14-15,17H,9-13,23H2,1H3,(H,24,27)/b8-5+. The van der Waals surface area contributed by atoms with E-state index >= 15 is 0 Å². The Kier molecular flexibility index (Phi) is 7.03. The Morgan fingerprint density at radius 3 is 2.63 bits per heavy atom. The van der Waals surface area contributed by atoms with Crippen LogP contribution in [-0.2, 0) is 0 Å². The molecule has 1 aliphatic heterocycles. The third-order valence-electron chi connectivity index (χ3n) is 5.19. The molecule has 0 aromatic heterocycles. The van der Waals surface area contributed by atoms with Crippen molar-refractivity contribution in [2.75, 3.05) is 32.5 Å². The van der Waals surface area contributed by atoms with E-state index in [9.17, 15) is 14.9 Å². The van der Waals surface area contributed by atoms with Gasteiger partial charge in [-0.25, -0.2) is 0 Å². The lowest BCUT2D eigenvalue weighted by Crippen LogP contribution is -2.44. The molecule has 0 unspecified atom stereocenters. The van der Waals surface area contributed by atoms with E-state index in [-0.39, 0.29) is 28.7 Å². The average Bonchev–Trinajstić information content (AvgIpc) is 2.75. The number of hydrogen-bond acceptors (Lipinski definition) is 6. The van der Waals surface area contributed by atoms with Crippen molar-refractivity contribution in [1.82, 2.24) is 10.2 Å². The Hall–Kier alpha value is -3.39. The SMILES string of the molecule is COc1cc(N)c([N+](=O)[O-])cc1C(=O)NC1CCN(C/C=C/c2ccccc2)CC1. The number of nitrogens with two attached hydrogens (primary N) is 1. The molecule has 0 radical (unpaired) electrons. The van der Waals surface area contributed by atoms with Gasteiger partial charge >= 0.3 is 0 Å². The highest BCUT2D eigenvalue weighted by Gasteiger charge is 2.25. The fourth-order valence-electron chi connectivity index (χ4n) is 3.51. The Morgan fingerprint density at radius 2 is 2.00 bits per heavy atom. The number of nitro benzene ring substituents is 1. The zero-order chi connectivity index (χ0) is 21.5. The predicted octanol–water partition coefficient (Wildman–Crippen LogP) is 3.09. The second-order valence-corrected chi connectivity index (χ2v) is 7.23. The van der Waals surface area contributed by atoms with E-state index in [1.807, 2.05) is 18.2 Å². The number of rotatable bonds is 7. The number of nitrogen functional groups attached to an aromatic ring is 1. The van der Waals surface area contributed by atoms with E-state index in [1.54, 1.807) is 0 Å². The first-order valence-electron chi connectivity index (χ1n) is 9.84. The number of nitrogens with one attached hydrogen (secondary N) is 1. The fraction of sp³-hybridized carbons (Fsp3) is 0.318. The van der Waals surface area contributed by atoms with E-state index in [0.717, 1.165) is 32.5 Å². The Morgan fingerprint density at radius 1 is 1.30 bits per heavy atom. The molecule has 0 saturated carbocycles. The van der Waals surface area contributed by atoms with E-state index in [4.69, 9.17) is 10.5 Å². The Balaban J connectivity index is 1.55. The second kappa shape index (κ2) is 9.89. The van der Waals surface area contributed by atoms with Crippen LogP contribution in [0.1, 0.15) is 28.8 Å². The number of carbonyl (C=O) groups excluding carboxylic acids is 1. The molecule has 30 heavy (non-hydrogen) atoms. The summed E-state index contributed by atoms with van der Waals surface area (Å²) in [6, 6.07) is 12.6. The van der Waals surface area contributed by atoms with Crippen LogP contribution in [0.4, 0.5) is 11.4 Å². The summed E-state index contributed by atoms with van der Waals surface area (Å²) >= 11 is 0. The van der Waals surface area contributed by atoms with Gasteiger partial charge in [0, 0.05) is 37.8 Å². The first-order chi connectivity index (χ1) is 14.5. The molecule has 8 heteroatoms. The number of nitrogens with zero attached hydrogens (tertiary/aromatic N) is 2. The number of methoxy groups -OCH3 is 1. The summed E-state index contributed by atoms with van der Waals surface area (Å²) in [5.41, 5.74) is 6.63. The number of likely N-dealkylation sites (tertiary alicyclic amines) is 1. The van der Waals surface area contributed by atoms with Crippen molar-refractivity contribution < 1.29 is 14.5 Å². The van der Waals surface area contributed by atoms with Gasteiger partial charge in [-0.05, 0) is 18.4 Å². The van der Waals surface area contributed by atoms with Crippen LogP contribution in [0.15, 0.2) is 48.5 Å². The third kappa shape index (κ3) is 5.36. The zero-order valence-electron chi connectivity index (χ0n) is 16.9. The van der Waals surface area contributed by atoms with Gasteiger partial charge in [0.05, 0.1) is 17.6 Å². The van der Waals surface area contributed by atoms with Crippen LogP contribution < -0.4 is 15.8 Å². The molecular weight excluding hydrogens is 384 g/mol. The first-order valence-corrected chi connectivity index (χ1v) is 9.84. The summed E-state index contributed by atoms with van der Waals surface area (Å²) in [6.45, 7) is 2.58. The van der Waals surface area contributed by atoms with E-state index in [0.29, 0.717) is 0 Å². The van der Waals surface area contributed by atoms with E-state index < -0.39 is 10.8 Å². The van der Waals surface area contributed by atoms with Crippen LogP contribution >= 0.6 is 0 Å². The van der Waals surface area contributed by atoms with Gasteiger partial charge in [-0.15, -0.1) is 0 Å². The van der Waals surface area contributed by atoms with Crippen molar-refractivity contribution in [2.45, 2.75) is 18.9 Å². The van der Waals surface area contributed by atoms with Gasteiger partial charge in [-0.2, -0.15) is 0 Å². The summed E-state index contributed by atoms with van der Waals surface area (Å²) in [4.78, 5) is 25.6. The number of hydrogen-bond donors (Lipinski definition) is 2. The molecule has 2 aromatic carbocycles. The van der Waals surface area contributed by atoms with E-state index in [1.165, 1.54) is 24.8 Å². The van der Waals surface area contributed by atoms with Gasteiger partial charge in [0.1, 0.15) is 11.4 Å². The lowest BCUT2D eigenvalue weighted by molar-refractivity contribution is -0.383. The number of benzene rings is 2. The zero-order valence-corrected chi connectivity index (χ0v) is 16.9. The van der Waals surface area contributed by atoms with Gasteiger partial charge in [0.2, 0.25) is 0 Å². The summed E-state index contributed by atoms with van der Waals surface area (Å²) in [5.74, 6) is -0.170. The molecule has 2 aromatic rings. The largest absolute Gasteiger partial charge is 0.496 e. The molecule has 158 valence electrons. The molecule has 0 spiro atoms. The van der Waals surface area contributed by atoms with Gasteiger partial charge in [0.15, 0.2) is 0 Å². The summed E-state index contributed by atoms with van der Waals surface area (Å²) in [5, 5.41) is 14.1. The summed E-state index contributed by atoms with van der Waals surface area (Å²) in [7, 11) is 1.40. The van der Waals surface area contributed by atoms with Crippen molar-refractivity contribution in [3.8, 4) is 5.75 Å². The lowest BCUT2D eigenvalue weighted by Gasteiger charge is -2.31. The van der Waals surface area contributed by atoms with E-state index in [2.05, 4.69) is 34.5 Å². The molecule has 8 nitrogen and oxygen atoms in total. The van der Waals surface area contributed by atoms with Gasteiger partial charge in [-0.1, -0.05) is 42.5 Å². The van der Waals surface area contributed by atoms with Crippen LogP contribution in [0.5, 0.6) is 5.75 Å². The molecule has 3 rings (SSSR count). The first kappa shape index (κ1) is 21.3. The number of ether oxygens (including phenoxy) is 1. The number of anilines is 1. The highest BCUT2D eigenvalue weighted by atomic mass is 16.6. The number of carbonyl (C=O) groups is 1. The molecule has 0 bridgehead atoms. The maximum Gasteiger partial charge on any atom is 0.293 e. The highest BCUT2D eigenvalue weighted by molar-refractivity contribution is 5.98. The van der Waals surface area contributed by atoms with Crippen LogP contribution in [-0.4, -0.2) is 48.5 Å². The number of piperidine rings is 1. The van der Waals surface area contributed by atoms with Gasteiger partial charge in [-0.3, -0.25) is 19.8 Å². The molecule has 1 fully saturated rings. The molecule has 1 amide bonds. The third-order valence-corrected chi connectivity index (χ3v) is 5.19. The fourth-order valence-corrected chi connectivity index (χ4v) is 3.51. The van der Waals surface area contributed by atoms with Crippen molar-refractivity contribution in [1.29, 1.82) is 0 Å². The summed E-state index contributed by atoms with van der Waals surface area (Å²) in [6.07, 6.45) is 5.87. The molecule has 1 heterocycles. The van der Waals surface area contributed by atoms with Gasteiger partial charge in [0.25, 0.3) is 11.6 Å². The number of amides is 1. The lowest BCUT2D eigenvalue weighted by atomic mass is 10.0. The van der Waals surface area contributed by atoms with Crippen molar-refractivity contribution in [2.24, 2.45) is 0 Å². The van der Waals surface area contributed by atoms with Crippen molar-refractivity contribution in [3.63, 3.8) is 0 Å². The Labute approximate surface area is 175 Å². The minimum Gasteiger partial charge on any atom is -0.496 e. The molecule has 1 aliphatic rings. The molecular formula is C22H26N4O4. The second-order valence-electron chi connectivity index (χ2n) is 7.23. The smallest absolute Gasteiger partial charge is 0.293 e. The predicted molar refractivity (Wildman–Crippen MR) is 116 cm³/mol. The summed E-state index contributed by atoms with van der Waals surface area (Å²) < 4.78 is 5.19. The minimum absolute atomic E-state index is 0.00756. The topological polar surface area (TPSA) is 111 Å². The molecule has 0 aliphatic carbocycles. The minimum atomic E-state index is -0.604. The average molecular weight is 410 g/mol. The monoisotopic (exact) mass is 410 g/mol. The van der Waals surface area contributed by atoms with Gasteiger partial charge < -0.3 is 15.8 Å². The molecule has 1 saturated heterocycles. The maximum atomic E-state index is 12.7. The molecule has 3 N–H and O–H groups in total. The van der Waals surface area contributed by atoms with Crippen LogP contribution in [0.3, 0.4) is 0 Å². The highest BCUT2D eigenvalue weighted by Crippen LogP contribution is 2.30. The van der Waals surface area contributed by atoms with Crippen LogP contribution in [0, 0.1) is 10.1 Å². The Bertz CT molecular complexity index is 922. The maximum absolute atomic E-state index is 12.7. The number of nitro groups is 1. The van der Waals surface area contributed by atoms with Crippen molar-refractivity contribution >= 4 is 23.4 Å². The normalized spacial score (nSPS) is 15.2. The molecule has 0 atom stereocenters.